The van der Waals surface area contributed by atoms with Crippen LogP contribution >= 0.6 is 11.6 Å². The molecule has 2 aliphatic heterocycles. The summed E-state index contributed by atoms with van der Waals surface area (Å²) in [7, 11) is 1.39. The van der Waals surface area contributed by atoms with Crippen molar-refractivity contribution < 1.29 is 23.5 Å². The summed E-state index contributed by atoms with van der Waals surface area (Å²) in [6.45, 7) is 1.21. The largest absolute Gasteiger partial charge is 0.494 e. The van der Waals surface area contributed by atoms with Crippen LogP contribution in [-0.4, -0.2) is 60.4 Å². The number of benzene rings is 2. The van der Waals surface area contributed by atoms with Crippen molar-refractivity contribution in [3.63, 3.8) is 0 Å². The van der Waals surface area contributed by atoms with Gasteiger partial charge in [0.2, 0.25) is 5.91 Å². The van der Waals surface area contributed by atoms with Crippen LogP contribution in [-0.2, 0) is 4.79 Å². The minimum Gasteiger partial charge on any atom is -0.494 e. The molecule has 1 unspecified atom stereocenters. The van der Waals surface area contributed by atoms with Gasteiger partial charge in [-0.25, -0.2) is 9.18 Å². The lowest BCUT2D eigenvalue weighted by molar-refractivity contribution is -0.136. The highest BCUT2D eigenvalue weighted by Gasteiger charge is 2.38. The number of nitrogens with zero attached hydrogens (tertiary/aromatic N) is 2. The quantitative estimate of drug-likeness (QED) is 0.729. The SMILES string of the molecule is COc1c(NC(=O)Nc2cccc(F)c2Cl)cccc1C(=O)N1CC(=O)N2CCCC2C1. The highest BCUT2D eigenvalue weighted by Crippen LogP contribution is 2.32. The average Bonchev–Trinajstić information content (AvgIpc) is 3.25. The van der Waals surface area contributed by atoms with Crippen LogP contribution in [0.5, 0.6) is 5.75 Å². The normalized spacial score (nSPS) is 17.7. The number of halogens is 2. The predicted molar refractivity (Wildman–Crippen MR) is 118 cm³/mol. The maximum Gasteiger partial charge on any atom is 0.323 e. The van der Waals surface area contributed by atoms with Gasteiger partial charge >= 0.3 is 6.03 Å². The van der Waals surface area contributed by atoms with Gasteiger partial charge in [0, 0.05) is 19.1 Å². The van der Waals surface area contributed by atoms with E-state index in [1.807, 2.05) is 4.90 Å². The number of carbonyl (C=O) groups is 3. The zero-order valence-electron chi connectivity index (χ0n) is 17.4. The Bertz CT molecular complexity index is 1080. The molecule has 0 radical (unpaired) electrons. The van der Waals surface area contributed by atoms with Crippen LogP contribution in [0.3, 0.4) is 0 Å². The molecule has 0 spiro atoms. The second-order valence-electron chi connectivity index (χ2n) is 7.64. The molecule has 0 aromatic heterocycles. The number of fused-ring (bicyclic) bond motifs is 1. The van der Waals surface area contributed by atoms with Gasteiger partial charge in [0.1, 0.15) is 12.4 Å². The number of para-hydroxylation sites is 1. The summed E-state index contributed by atoms with van der Waals surface area (Å²) in [6, 6.07) is 8.17. The molecule has 2 heterocycles. The number of carbonyl (C=O) groups excluding carboxylic acids is 3. The fraction of sp³-hybridized carbons (Fsp3) is 0.318. The smallest absolute Gasteiger partial charge is 0.323 e. The van der Waals surface area contributed by atoms with Gasteiger partial charge in [0.25, 0.3) is 5.91 Å². The van der Waals surface area contributed by atoms with Crippen molar-refractivity contribution in [1.82, 2.24) is 9.80 Å². The molecule has 2 aromatic carbocycles. The third-order valence-corrected chi connectivity index (χ3v) is 6.02. The molecule has 4 amide bonds. The van der Waals surface area contributed by atoms with Gasteiger partial charge in [0.15, 0.2) is 5.75 Å². The van der Waals surface area contributed by atoms with E-state index >= 15 is 0 Å². The molecular weight excluding hydrogens is 439 g/mol. The Balaban J connectivity index is 1.53. The molecule has 2 N–H and O–H groups in total. The first-order valence-electron chi connectivity index (χ1n) is 10.2. The van der Waals surface area contributed by atoms with Gasteiger partial charge in [-0.3, -0.25) is 9.59 Å². The van der Waals surface area contributed by atoms with Crippen molar-refractivity contribution in [2.75, 3.05) is 37.4 Å². The summed E-state index contributed by atoms with van der Waals surface area (Å²) in [6.07, 6.45) is 1.81. The van der Waals surface area contributed by atoms with Crippen molar-refractivity contribution in [3.8, 4) is 5.75 Å². The lowest BCUT2D eigenvalue weighted by Crippen LogP contribution is -2.55. The second kappa shape index (κ2) is 9.04. The van der Waals surface area contributed by atoms with E-state index in [0.29, 0.717) is 6.54 Å². The van der Waals surface area contributed by atoms with E-state index in [1.54, 1.807) is 18.2 Å². The Morgan fingerprint density at radius 2 is 1.88 bits per heavy atom. The highest BCUT2D eigenvalue weighted by atomic mass is 35.5. The van der Waals surface area contributed by atoms with E-state index < -0.39 is 11.8 Å². The summed E-state index contributed by atoms with van der Waals surface area (Å²) < 4.78 is 19.0. The fourth-order valence-corrected chi connectivity index (χ4v) is 4.33. The predicted octanol–water partition coefficient (Wildman–Crippen LogP) is 3.58. The van der Waals surface area contributed by atoms with Gasteiger partial charge in [-0.05, 0) is 37.1 Å². The summed E-state index contributed by atoms with van der Waals surface area (Å²) in [5.41, 5.74) is 0.575. The lowest BCUT2D eigenvalue weighted by Gasteiger charge is -2.37. The van der Waals surface area contributed by atoms with Crippen molar-refractivity contribution >= 4 is 40.8 Å². The monoisotopic (exact) mass is 460 g/mol. The number of methoxy groups -OCH3 is 1. The molecule has 2 aliphatic rings. The molecule has 0 bridgehead atoms. The van der Waals surface area contributed by atoms with Crippen LogP contribution in [0.1, 0.15) is 23.2 Å². The van der Waals surface area contributed by atoms with Crippen molar-refractivity contribution in [2.45, 2.75) is 18.9 Å². The highest BCUT2D eigenvalue weighted by molar-refractivity contribution is 6.34. The second-order valence-corrected chi connectivity index (χ2v) is 8.01. The molecule has 1 atom stereocenters. The molecule has 2 aromatic rings. The standard InChI is InChI=1S/C22H22ClFN4O4/c1-32-20-14(21(30)27-11-13-5-4-10-28(13)18(29)12-27)6-2-9-17(20)26-22(31)25-16-8-3-7-15(24)19(16)23/h2-3,6-9,13H,4-5,10-12H2,1H3,(H2,25,26,31). The third-order valence-electron chi connectivity index (χ3n) is 5.64. The minimum absolute atomic E-state index is 0.00863. The number of hydrogen-bond acceptors (Lipinski definition) is 4. The van der Waals surface area contributed by atoms with E-state index in [9.17, 15) is 18.8 Å². The molecule has 2 saturated heterocycles. The molecule has 8 nitrogen and oxygen atoms in total. The number of rotatable bonds is 4. The van der Waals surface area contributed by atoms with Crippen LogP contribution in [0.2, 0.25) is 5.02 Å². The van der Waals surface area contributed by atoms with Gasteiger partial charge in [-0.15, -0.1) is 0 Å². The maximum atomic E-state index is 13.6. The third kappa shape index (κ3) is 4.20. The number of amides is 4. The van der Waals surface area contributed by atoms with Crippen LogP contribution in [0.4, 0.5) is 20.6 Å². The van der Waals surface area contributed by atoms with E-state index in [4.69, 9.17) is 16.3 Å². The van der Waals surface area contributed by atoms with Crippen LogP contribution in [0.15, 0.2) is 36.4 Å². The molecule has 168 valence electrons. The van der Waals surface area contributed by atoms with Crippen molar-refractivity contribution in [2.24, 2.45) is 0 Å². The fourth-order valence-electron chi connectivity index (χ4n) is 4.15. The topological polar surface area (TPSA) is 91.0 Å². The Morgan fingerprint density at radius 3 is 2.66 bits per heavy atom. The van der Waals surface area contributed by atoms with Crippen molar-refractivity contribution in [3.05, 3.63) is 52.8 Å². The number of nitrogens with one attached hydrogen (secondary N) is 2. The zero-order chi connectivity index (χ0) is 22.8. The number of urea groups is 1. The molecule has 4 rings (SSSR count). The number of anilines is 2. The summed E-state index contributed by atoms with van der Waals surface area (Å²) >= 11 is 5.88. The van der Waals surface area contributed by atoms with Crippen LogP contribution in [0, 0.1) is 5.82 Å². The molecule has 10 heteroatoms. The number of hydrogen-bond donors (Lipinski definition) is 2. The number of ether oxygens (including phenoxy) is 1. The summed E-state index contributed by atoms with van der Waals surface area (Å²) in [5, 5.41) is 4.86. The first-order chi connectivity index (χ1) is 15.4. The lowest BCUT2D eigenvalue weighted by atomic mass is 10.1. The maximum absolute atomic E-state index is 13.6. The van der Waals surface area contributed by atoms with E-state index in [0.717, 1.165) is 19.4 Å². The molecule has 0 saturated carbocycles. The summed E-state index contributed by atoms with van der Waals surface area (Å²) in [4.78, 5) is 41.4. The molecule has 2 fully saturated rings. The van der Waals surface area contributed by atoms with Crippen molar-refractivity contribution in [1.29, 1.82) is 0 Å². The van der Waals surface area contributed by atoms with Gasteiger partial charge in [-0.1, -0.05) is 23.7 Å². The van der Waals surface area contributed by atoms with Crippen LogP contribution in [0.25, 0.3) is 0 Å². The van der Waals surface area contributed by atoms with E-state index in [1.165, 1.54) is 30.2 Å². The molecule has 32 heavy (non-hydrogen) atoms. The summed E-state index contributed by atoms with van der Waals surface area (Å²) in [5.74, 6) is -0.906. The van der Waals surface area contributed by atoms with Crippen LogP contribution < -0.4 is 15.4 Å². The Kier molecular flexibility index (Phi) is 6.18. The Labute approximate surface area is 189 Å². The Morgan fingerprint density at radius 1 is 1.16 bits per heavy atom. The molecular formula is C22H22ClFN4O4. The first-order valence-corrected chi connectivity index (χ1v) is 10.5. The minimum atomic E-state index is -0.685. The average molecular weight is 461 g/mol. The molecule has 0 aliphatic carbocycles. The van der Waals surface area contributed by atoms with E-state index in [2.05, 4.69) is 10.6 Å². The zero-order valence-corrected chi connectivity index (χ0v) is 18.1. The Hall–Kier alpha value is -3.33. The number of piperazine rings is 1. The first kappa shape index (κ1) is 21.9. The van der Waals surface area contributed by atoms with Gasteiger partial charge in [0.05, 0.1) is 29.1 Å². The van der Waals surface area contributed by atoms with Gasteiger partial charge in [-0.2, -0.15) is 0 Å². The van der Waals surface area contributed by atoms with E-state index in [-0.39, 0.29) is 52.1 Å². The van der Waals surface area contributed by atoms with Gasteiger partial charge < -0.3 is 25.2 Å².